The number of aliphatic hydroxyl groups excluding tert-OH is 3. The van der Waals surface area contributed by atoms with E-state index in [9.17, 15) is 0 Å². The van der Waals surface area contributed by atoms with Crippen molar-refractivity contribution >= 4 is 0 Å². The molecule has 0 aromatic heterocycles. The summed E-state index contributed by atoms with van der Waals surface area (Å²) in [6.07, 6.45) is 1.92. The minimum absolute atomic E-state index is 0.125. The van der Waals surface area contributed by atoms with Gasteiger partial charge in [-0.15, -0.1) is 0 Å². The van der Waals surface area contributed by atoms with E-state index >= 15 is 0 Å². The summed E-state index contributed by atoms with van der Waals surface area (Å²) in [5.74, 6) is 0. The van der Waals surface area contributed by atoms with E-state index in [1.807, 2.05) is 0 Å². The first kappa shape index (κ1) is 15.3. The Morgan fingerprint density at radius 3 is 2.08 bits per heavy atom. The van der Waals surface area contributed by atoms with Gasteiger partial charge in [-0.1, -0.05) is 13.3 Å². The van der Waals surface area contributed by atoms with Gasteiger partial charge in [-0.2, -0.15) is 0 Å². The summed E-state index contributed by atoms with van der Waals surface area (Å²) in [6, 6.07) is 0. The van der Waals surface area contributed by atoms with Crippen LogP contribution in [0.2, 0.25) is 0 Å². The van der Waals surface area contributed by atoms with E-state index in [4.69, 9.17) is 20.1 Å². The lowest BCUT2D eigenvalue weighted by atomic mass is 10.4. The molecular weight excluding hydrogens is 172 g/mol. The van der Waals surface area contributed by atoms with Crippen molar-refractivity contribution in [1.29, 1.82) is 0 Å². The maximum atomic E-state index is 8.73. The molecule has 4 heteroatoms. The van der Waals surface area contributed by atoms with Crippen molar-refractivity contribution in [3.8, 4) is 0 Å². The summed E-state index contributed by atoms with van der Waals surface area (Å²) in [4.78, 5) is 0. The maximum absolute atomic E-state index is 8.73. The fraction of sp³-hybridized carbons (Fsp3) is 1.00. The second kappa shape index (κ2) is 14.4. The lowest BCUT2D eigenvalue weighted by Crippen LogP contribution is -2.10. The van der Waals surface area contributed by atoms with Crippen LogP contribution >= 0.6 is 0 Å². The van der Waals surface area contributed by atoms with Crippen molar-refractivity contribution < 1.29 is 20.1 Å². The molecule has 0 aliphatic heterocycles. The van der Waals surface area contributed by atoms with Crippen molar-refractivity contribution in [3.63, 3.8) is 0 Å². The quantitative estimate of drug-likeness (QED) is 0.527. The molecule has 0 saturated carbocycles. The van der Waals surface area contributed by atoms with Crippen molar-refractivity contribution in [3.05, 3.63) is 0 Å². The molecule has 0 saturated heterocycles. The predicted molar refractivity (Wildman–Crippen MR) is 51.6 cm³/mol. The molecule has 0 bridgehead atoms. The molecule has 0 rings (SSSR count). The highest BCUT2D eigenvalue weighted by molar-refractivity contribution is 4.40. The van der Waals surface area contributed by atoms with Crippen LogP contribution < -0.4 is 0 Å². The van der Waals surface area contributed by atoms with Gasteiger partial charge in [-0.3, -0.25) is 0 Å². The van der Waals surface area contributed by atoms with Crippen molar-refractivity contribution in [1.82, 2.24) is 0 Å². The highest BCUT2D eigenvalue weighted by Crippen LogP contribution is 1.89. The summed E-state index contributed by atoms with van der Waals surface area (Å²) < 4.78 is 5.09. The summed E-state index contributed by atoms with van der Waals surface area (Å²) in [5, 5.41) is 24.0. The molecule has 0 fully saturated rings. The van der Waals surface area contributed by atoms with E-state index in [-0.39, 0.29) is 19.3 Å². The van der Waals surface area contributed by atoms with Gasteiger partial charge in [-0.05, 0) is 13.3 Å². The van der Waals surface area contributed by atoms with Gasteiger partial charge in [0.2, 0.25) is 0 Å². The van der Waals surface area contributed by atoms with Gasteiger partial charge >= 0.3 is 0 Å². The average molecular weight is 194 g/mol. The zero-order valence-electron chi connectivity index (χ0n) is 8.57. The van der Waals surface area contributed by atoms with Crippen LogP contribution in [-0.2, 0) is 4.74 Å². The summed E-state index contributed by atoms with van der Waals surface area (Å²) >= 11 is 0. The number of ether oxygens (including phenoxy) is 1. The molecule has 82 valence electrons. The molecule has 4 nitrogen and oxygen atoms in total. The molecule has 1 atom stereocenters. The average Bonchev–Trinajstić information content (AvgIpc) is 2.13. The smallest absolute Gasteiger partial charge is 0.0745 e. The summed E-state index contributed by atoms with van der Waals surface area (Å²) in [6.45, 7) is 4.85. The Labute approximate surface area is 80.2 Å². The molecule has 0 spiro atoms. The van der Waals surface area contributed by atoms with Crippen LogP contribution in [0.5, 0.6) is 0 Å². The van der Waals surface area contributed by atoms with Crippen molar-refractivity contribution in [2.45, 2.75) is 32.8 Å². The lowest BCUT2D eigenvalue weighted by Gasteiger charge is -2.03. The molecule has 13 heavy (non-hydrogen) atoms. The minimum atomic E-state index is -0.318. The van der Waals surface area contributed by atoms with Crippen LogP contribution in [0, 0.1) is 0 Å². The van der Waals surface area contributed by atoms with Crippen LogP contribution in [-0.4, -0.2) is 47.9 Å². The molecular formula is C9H22O4. The van der Waals surface area contributed by atoms with Crippen LogP contribution in [0.3, 0.4) is 0 Å². The third-order valence-corrected chi connectivity index (χ3v) is 1.10. The van der Waals surface area contributed by atoms with Gasteiger partial charge < -0.3 is 20.1 Å². The monoisotopic (exact) mass is 194 g/mol. The zero-order chi connectivity index (χ0) is 10.5. The van der Waals surface area contributed by atoms with Crippen LogP contribution in [0.4, 0.5) is 0 Å². The zero-order valence-corrected chi connectivity index (χ0v) is 8.57. The first-order chi connectivity index (χ1) is 6.18. The predicted octanol–water partition coefficient (Wildman–Crippen LogP) is 0.155. The molecule has 0 radical (unpaired) electrons. The van der Waals surface area contributed by atoms with Gasteiger partial charge in [0, 0.05) is 6.61 Å². The maximum Gasteiger partial charge on any atom is 0.0745 e. The first-order valence-corrected chi connectivity index (χ1v) is 4.66. The Morgan fingerprint density at radius 2 is 1.77 bits per heavy atom. The van der Waals surface area contributed by atoms with Crippen LogP contribution in [0.15, 0.2) is 0 Å². The normalized spacial score (nSPS) is 11.8. The Bertz CT molecular complexity index is 74.0. The second-order valence-corrected chi connectivity index (χ2v) is 2.72. The Hall–Kier alpha value is -0.160. The molecule has 0 heterocycles. The topological polar surface area (TPSA) is 69.9 Å². The number of rotatable bonds is 6. The number of hydrogen-bond acceptors (Lipinski definition) is 4. The fourth-order valence-electron chi connectivity index (χ4n) is 0.500. The first-order valence-electron chi connectivity index (χ1n) is 4.66. The van der Waals surface area contributed by atoms with Crippen LogP contribution in [0.25, 0.3) is 0 Å². The highest BCUT2D eigenvalue weighted by Gasteiger charge is 1.92. The minimum Gasteiger partial charge on any atom is -0.394 e. The fourth-order valence-corrected chi connectivity index (χ4v) is 0.500. The molecule has 3 N–H and O–H groups in total. The highest BCUT2D eigenvalue weighted by atomic mass is 16.5. The number of hydrogen-bond donors (Lipinski definition) is 3. The van der Waals surface area contributed by atoms with E-state index in [1.165, 1.54) is 0 Å². The molecule has 0 aromatic carbocycles. The van der Waals surface area contributed by atoms with E-state index in [0.717, 1.165) is 19.4 Å². The molecule has 1 unspecified atom stereocenters. The van der Waals surface area contributed by atoms with Crippen molar-refractivity contribution in [2.24, 2.45) is 0 Å². The van der Waals surface area contributed by atoms with Gasteiger partial charge in [-0.25, -0.2) is 0 Å². The lowest BCUT2D eigenvalue weighted by molar-refractivity contribution is 0.0450. The van der Waals surface area contributed by atoms with Crippen molar-refractivity contribution in [2.75, 3.05) is 26.4 Å². The molecule has 0 aliphatic rings. The van der Waals surface area contributed by atoms with E-state index < -0.39 is 0 Å². The third kappa shape index (κ3) is 24.5. The largest absolute Gasteiger partial charge is 0.394 e. The van der Waals surface area contributed by atoms with Gasteiger partial charge in [0.15, 0.2) is 0 Å². The molecule has 0 aromatic rings. The SMILES string of the molecule is CCCCOCC(C)O.OCCO. The molecule has 0 amide bonds. The van der Waals surface area contributed by atoms with Crippen LogP contribution in [0.1, 0.15) is 26.7 Å². The van der Waals surface area contributed by atoms with E-state index in [0.29, 0.717) is 6.61 Å². The Morgan fingerprint density at radius 1 is 1.23 bits per heavy atom. The summed E-state index contributed by atoms with van der Waals surface area (Å²) in [5.41, 5.74) is 0. The van der Waals surface area contributed by atoms with E-state index in [1.54, 1.807) is 6.92 Å². The summed E-state index contributed by atoms with van der Waals surface area (Å²) in [7, 11) is 0. The van der Waals surface area contributed by atoms with Gasteiger partial charge in [0.1, 0.15) is 0 Å². The van der Waals surface area contributed by atoms with Gasteiger partial charge in [0.25, 0.3) is 0 Å². The molecule has 0 aliphatic carbocycles. The number of aliphatic hydroxyl groups is 3. The standard InChI is InChI=1S/C7H16O2.C2H6O2/c1-3-4-5-9-6-7(2)8;3-1-2-4/h7-8H,3-6H2,1-2H3;3-4H,1-2H2. The third-order valence-electron chi connectivity index (χ3n) is 1.10. The number of unbranched alkanes of at least 4 members (excludes halogenated alkanes) is 1. The second-order valence-electron chi connectivity index (χ2n) is 2.72. The van der Waals surface area contributed by atoms with Gasteiger partial charge in [0.05, 0.1) is 25.9 Å². The Balaban J connectivity index is 0. The Kier molecular flexibility index (Phi) is 16.9. The van der Waals surface area contributed by atoms with E-state index in [2.05, 4.69) is 6.92 Å².